The molecule has 4 rings (SSSR count). The van der Waals surface area contributed by atoms with Gasteiger partial charge in [0.1, 0.15) is 16.5 Å². The normalized spacial score (nSPS) is 11.1. The van der Waals surface area contributed by atoms with Crippen molar-refractivity contribution in [2.24, 2.45) is 0 Å². The van der Waals surface area contributed by atoms with Gasteiger partial charge in [0.15, 0.2) is 0 Å². The number of fused-ring (bicyclic) bond motifs is 1. The Morgan fingerprint density at radius 1 is 1.32 bits per heavy atom. The summed E-state index contributed by atoms with van der Waals surface area (Å²) in [6.07, 6.45) is 3.91. The number of halogens is 1. The highest BCUT2D eigenvalue weighted by Crippen LogP contribution is 2.32. The Kier molecular flexibility index (Phi) is 4.92. The molecule has 0 spiro atoms. The number of aryl methyl sites for hydroxylation is 2. The molecule has 5 nitrogen and oxygen atoms in total. The summed E-state index contributed by atoms with van der Waals surface area (Å²) >= 11 is 1.49. The molecule has 0 aliphatic carbocycles. The number of amides is 1. The Balaban J connectivity index is 1.55. The van der Waals surface area contributed by atoms with Gasteiger partial charge in [-0.25, -0.2) is 14.4 Å². The minimum Gasteiger partial charge on any atom is -0.332 e. The van der Waals surface area contributed by atoms with E-state index < -0.39 is 5.82 Å². The van der Waals surface area contributed by atoms with Crippen molar-refractivity contribution in [2.45, 2.75) is 26.8 Å². The van der Waals surface area contributed by atoms with Crippen LogP contribution in [0.3, 0.4) is 0 Å². The summed E-state index contributed by atoms with van der Waals surface area (Å²) in [5.41, 5.74) is 3.66. The van der Waals surface area contributed by atoms with Crippen molar-refractivity contribution in [1.82, 2.24) is 14.5 Å². The molecule has 0 radical (unpaired) electrons. The quantitative estimate of drug-likeness (QED) is 0.528. The molecule has 4 aromatic rings. The first-order valence-corrected chi connectivity index (χ1v) is 9.87. The Bertz CT molecular complexity index is 1160. The molecular formula is C21H19FN4OS. The molecule has 0 fully saturated rings. The lowest BCUT2D eigenvalue weighted by atomic mass is 10.2. The van der Waals surface area contributed by atoms with Gasteiger partial charge in [-0.15, -0.1) is 11.3 Å². The molecule has 3 heterocycles. The number of pyridine rings is 1. The topological polar surface area (TPSA) is 59.8 Å². The molecule has 1 N–H and O–H groups in total. The largest absolute Gasteiger partial charge is 0.332 e. The summed E-state index contributed by atoms with van der Waals surface area (Å²) < 4.78 is 15.9. The smallest absolute Gasteiger partial charge is 0.230 e. The molecule has 0 unspecified atom stereocenters. The molecule has 0 aliphatic rings. The third-order valence-electron chi connectivity index (χ3n) is 4.49. The fourth-order valence-corrected chi connectivity index (χ4v) is 3.98. The SMILES string of the molecule is CCn1cc(-c2nc(CC(=O)Nc3cc(C)ccc3F)cs2)c2cccnc21. The molecule has 0 atom stereocenters. The summed E-state index contributed by atoms with van der Waals surface area (Å²) in [4.78, 5) is 21.4. The predicted octanol–water partition coefficient (Wildman–Crippen LogP) is 4.81. The molecule has 0 saturated carbocycles. The maximum atomic E-state index is 13.8. The van der Waals surface area contributed by atoms with Crippen molar-refractivity contribution in [2.75, 3.05) is 5.32 Å². The zero-order valence-corrected chi connectivity index (χ0v) is 16.4. The van der Waals surface area contributed by atoms with Crippen LogP contribution in [0.2, 0.25) is 0 Å². The van der Waals surface area contributed by atoms with Crippen LogP contribution in [0.4, 0.5) is 10.1 Å². The minimum atomic E-state index is -0.446. The molecule has 28 heavy (non-hydrogen) atoms. The molecule has 0 aliphatic heterocycles. The number of hydrogen-bond donors (Lipinski definition) is 1. The summed E-state index contributed by atoms with van der Waals surface area (Å²) in [5, 5.41) is 6.38. The number of carbonyl (C=O) groups is 1. The van der Waals surface area contributed by atoms with Gasteiger partial charge in [-0.2, -0.15) is 0 Å². The van der Waals surface area contributed by atoms with Gasteiger partial charge in [-0.05, 0) is 43.7 Å². The van der Waals surface area contributed by atoms with Crippen molar-refractivity contribution in [3.8, 4) is 10.6 Å². The van der Waals surface area contributed by atoms with E-state index in [9.17, 15) is 9.18 Å². The van der Waals surface area contributed by atoms with Gasteiger partial charge in [0, 0.05) is 35.3 Å². The second kappa shape index (κ2) is 7.52. The van der Waals surface area contributed by atoms with Crippen molar-refractivity contribution in [1.29, 1.82) is 0 Å². The molecule has 1 aromatic carbocycles. The second-order valence-electron chi connectivity index (χ2n) is 6.56. The van der Waals surface area contributed by atoms with E-state index in [0.29, 0.717) is 5.69 Å². The van der Waals surface area contributed by atoms with Crippen LogP contribution in [-0.4, -0.2) is 20.4 Å². The molecular weight excluding hydrogens is 375 g/mol. The van der Waals surface area contributed by atoms with Gasteiger partial charge in [0.05, 0.1) is 17.8 Å². The van der Waals surface area contributed by atoms with E-state index in [2.05, 4.69) is 26.8 Å². The third kappa shape index (κ3) is 3.53. The van der Waals surface area contributed by atoms with Gasteiger partial charge in [-0.1, -0.05) is 6.07 Å². The number of rotatable bonds is 5. The molecule has 1 amide bonds. The zero-order chi connectivity index (χ0) is 19.7. The third-order valence-corrected chi connectivity index (χ3v) is 5.42. The molecule has 0 bridgehead atoms. The van der Waals surface area contributed by atoms with E-state index in [4.69, 9.17) is 0 Å². The van der Waals surface area contributed by atoms with Crippen molar-refractivity contribution < 1.29 is 9.18 Å². The molecule has 7 heteroatoms. The van der Waals surface area contributed by atoms with Crippen LogP contribution in [-0.2, 0) is 17.8 Å². The fourth-order valence-electron chi connectivity index (χ4n) is 3.14. The van der Waals surface area contributed by atoms with Crippen LogP contribution in [0.25, 0.3) is 21.6 Å². The van der Waals surface area contributed by atoms with E-state index in [-0.39, 0.29) is 18.0 Å². The monoisotopic (exact) mass is 394 g/mol. The number of carbonyl (C=O) groups excluding carboxylic acids is 1. The average Bonchev–Trinajstić information content (AvgIpc) is 3.29. The van der Waals surface area contributed by atoms with Gasteiger partial charge >= 0.3 is 0 Å². The first-order chi connectivity index (χ1) is 13.5. The lowest BCUT2D eigenvalue weighted by Crippen LogP contribution is -2.15. The van der Waals surface area contributed by atoms with E-state index >= 15 is 0 Å². The van der Waals surface area contributed by atoms with E-state index in [1.807, 2.05) is 30.6 Å². The van der Waals surface area contributed by atoms with Crippen LogP contribution < -0.4 is 5.32 Å². The van der Waals surface area contributed by atoms with Crippen LogP contribution in [0.1, 0.15) is 18.2 Å². The highest BCUT2D eigenvalue weighted by atomic mass is 32.1. The lowest BCUT2D eigenvalue weighted by molar-refractivity contribution is -0.115. The Morgan fingerprint density at radius 3 is 3.00 bits per heavy atom. The first kappa shape index (κ1) is 18.3. The van der Waals surface area contributed by atoms with Crippen LogP contribution in [0.15, 0.2) is 48.1 Å². The standard InChI is InChI=1S/C21H19FN4OS/c1-3-26-11-16(15-5-4-8-23-20(15)26)21-24-14(12-28-21)10-19(27)25-18-9-13(2)6-7-17(18)22/h4-9,11-12H,3,10H2,1-2H3,(H,25,27). The maximum Gasteiger partial charge on any atom is 0.230 e. The van der Waals surface area contributed by atoms with Crippen molar-refractivity contribution in [3.05, 3.63) is 65.2 Å². The van der Waals surface area contributed by atoms with E-state index in [1.54, 1.807) is 18.3 Å². The van der Waals surface area contributed by atoms with E-state index in [0.717, 1.165) is 33.7 Å². The van der Waals surface area contributed by atoms with Gasteiger partial charge in [-0.3, -0.25) is 4.79 Å². The Hall–Kier alpha value is -3.06. The van der Waals surface area contributed by atoms with Crippen molar-refractivity contribution >= 4 is 34.0 Å². The summed E-state index contributed by atoms with van der Waals surface area (Å²) in [6.45, 7) is 4.74. The number of benzene rings is 1. The Morgan fingerprint density at radius 2 is 2.18 bits per heavy atom. The number of aromatic nitrogens is 3. The van der Waals surface area contributed by atoms with Crippen LogP contribution >= 0.6 is 11.3 Å². The van der Waals surface area contributed by atoms with Gasteiger partial charge in [0.25, 0.3) is 0 Å². The summed E-state index contributed by atoms with van der Waals surface area (Å²) in [6, 6.07) is 8.57. The van der Waals surface area contributed by atoms with Crippen LogP contribution in [0, 0.1) is 12.7 Å². The predicted molar refractivity (Wildman–Crippen MR) is 110 cm³/mol. The minimum absolute atomic E-state index is 0.0918. The van der Waals surface area contributed by atoms with Crippen LogP contribution in [0.5, 0.6) is 0 Å². The van der Waals surface area contributed by atoms with Gasteiger partial charge in [0.2, 0.25) is 5.91 Å². The summed E-state index contributed by atoms with van der Waals surface area (Å²) in [7, 11) is 0. The average molecular weight is 394 g/mol. The lowest BCUT2D eigenvalue weighted by Gasteiger charge is -2.06. The highest BCUT2D eigenvalue weighted by Gasteiger charge is 2.15. The molecule has 0 saturated heterocycles. The number of hydrogen-bond acceptors (Lipinski definition) is 4. The zero-order valence-electron chi connectivity index (χ0n) is 15.6. The first-order valence-electron chi connectivity index (χ1n) is 8.99. The van der Waals surface area contributed by atoms with Gasteiger partial charge < -0.3 is 9.88 Å². The second-order valence-corrected chi connectivity index (χ2v) is 7.41. The number of nitrogens with zero attached hydrogens (tertiary/aromatic N) is 3. The molecule has 142 valence electrons. The van der Waals surface area contributed by atoms with Crippen molar-refractivity contribution in [3.63, 3.8) is 0 Å². The summed E-state index contributed by atoms with van der Waals surface area (Å²) in [5.74, 6) is -0.739. The maximum absolute atomic E-state index is 13.8. The van der Waals surface area contributed by atoms with E-state index in [1.165, 1.54) is 17.4 Å². The number of anilines is 1. The fraction of sp³-hybridized carbons (Fsp3) is 0.190. The Labute approximate surface area is 165 Å². The molecule has 3 aromatic heterocycles. The number of nitrogens with one attached hydrogen (secondary N) is 1. The number of thiazole rings is 1. The highest BCUT2D eigenvalue weighted by molar-refractivity contribution is 7.13.